The molecule has 98 valence electrons. The Morgan fingerprint density at radius 1 is 1.15 bits per heavy atom. The molecule has 2 aromatic carbocycles. The molecule has 0 heterocycles. The molecule has 2 rings (SSSR count). The monoisotopic (exact) mass is 264 g/mol. The van der Waals surface area contributed by atoms with Gasteiger partial charge in [0.15, 0.2) is 0 Å². The molecule has 4 nitrogen and oxygen atoms in total. The van der Waals surface area contributed by atoms with Crippen LogP contribution in [0, 0.1) is 28.4 Å². The zero-order valence-electron chi connectivity index (χ0n) is 10.9. The number of benzene rings is 2. The minimum absolute atomic E-state index is 0.0152. The molecule has 20 heavy (non-hydrogen) atoms. The SMILES string of the molecule is Cc1ccc(/C=C(\C#N)c2ccc([N+](=O)[O-])cc2)cc1. The van der Waals surface area contributed by atoms with Crippen molar-refractivity contribution in [2.24, 2.45) is 0 Å². The van der Waals surface area contributed by atoms with Gasteiger partial charge < -0.3 is 0 Å². The lowest BCUT2D eigenvalue weighted by atomic mass is 10.0. The first kappa shape index (κ1) is 13.5. The number of nitriles is 1. The quantitative estimate of drug-likeness (QED) is 0.364. The maximum absolute atomic E-state index is 10.6. The van der Waals surface area contributed by atoms with Crippen molar-refractivity contribution in [1.82, 2.24) is 0 Å². The summed E-state index contributed by atoms with van der Waals surface area (Å²) in [6, 6.07) is 15.9. The molecule has 4 heteroatoms. The molecule has 0 aliphatic heterocycles. The normalized spacial score (nSPS) is 10.9. The zero-order valence-corrected chi connectivity index (χ0v) is 10.9. The van der Waals surface area contributed by atoms with Gasteiger partial charge in [0.2, 0.25) is 0 Å². The molecule has 0 bridgehead atoms. The van der Waals surface area contributed by atoms with Crippen molar-refractivity contribution in [1.29, 1.82) is 5.26 Å². The average molecular weight is 264 g/mol. The Balaban J connectivity index is 2.35. The van der Waals surface area contributed by atoms with Gasteiger partial charge in [0.1, 0.15) is 0 Å². The molecule has 2 aromatic rings. The van der Waals surface area contributed by atoms with E-state index in [1.165, 1.54) is 12.1 Å². The van der Waals surface area contributed by atoms with Gasteiger partial charge in [0.05, 0.1) is 16.6 Å². The molecule has 0 spiro atoms. The van der Waals surface area contributed by atoms with Crippen LogP contribution in [0.2, 0.25) is 0 Å². The van der Waals surface area contributed by atoms with Crippen LogP contribution in [0.3, 0.4) is 0 Å². The molecule has 0 unspecified atom stereocenters. The van der Waals surface area contributed by atoms with E-state index in [4.69, 9.17) is 0 Å². The van der Waals surface area contributed by atoms with Crippen LogP contribution in [0.25, 0.3) is 11.6 Å². The van der Waals surface area contributed by atoms with Crippen LogP contribution >= 0.6 is 0 Å². The Labute approximate surface area is 116 Å². The van der Waals surface area contributed by atoms with E-state index in [2.05, 4.69) is 6.07 Å². The lowest BCUT2D eigenvalue weighted by Gasteiger charge is -2.00. The van der Waals surface area contributed by atoms with Crippen molar-refractivity contribution in [2.45, 2.75) is 6.92 Å². The van der Waals surface area contributed by atoms with Gasteiger partial charge in [0, 0.05) is 12.1 Å². The fourth-order valence-corrected chi connectivity index (χ4v) is 1.77. The van der Waals surface area contributed by atoms with Crippen LogP contribution in [0.1, 0.15) is 16.7 Å². The Kier molecular flexibility index (Phi) is 3.92. The minimum Gasteiger partial charge on any atom is -0.258 e. The molecule has 0 saturated heterocycles. The van der Waals surface area contributed by atoms with Crippen molar-refractivity contribution in [3.63, 3.8) is 0 Å². The van der Waals surface area contributed by atoms with E-state index in [9.17, 15) is 15.4 Å². The predicted molar refractivity (Wildman–Crippen MR) is 77.8 cm³/mol. The summed E-state index contributed by atoms with van der Waals surface area (Å²) >= 11 is 0. The number of aryl methyl sites for hydroxylation is 1. The van der Waals surface area contributed by atoms with Crippen LogP contribution in [-0.2, 0) is 0 Å². The largest absolute Gasteiger partial charge is 0.269 e. The summed E-state index contributed by atoms with van der Waals surface area (Å²) in [4.78, 5) is 10.1. The highest BCUT2D eigenvalue weighted by atomic mass is 16.6. The third-order valence-electron chi connectivity index (χ3n) is 2.90. The van der Waals surface area contributed by atoms with E-state index in [0.717, 1.165) is 11.1 Å². The van der Waals surface area contributed by atoms with E-state index >= 15 is 0 Å². The highest BCUT2D eigenvalue weighted by Gasteiger charge is 2.06. The van der Waals surface area contributed by atoms with Gasteiger partial charge in [-0.3, -0.25) is 10.1 Å². The smallest absolute Gasteiger partial charge is 0.258 e. The first-order chi connectivity index (χ1) is 9.60. The third-order valence-corrected chi connectivity index (χ3v) is 2.90. The number of rotatable bonds is 3. The van der Waals surface area contributed by atoms with Crippen molar-refractivity contribution >= 4 is 17.3 Å². The second-order valence-corrected chi connectivity index (χ2v) is 4.38. The maximum atomic E-state index is 10.6. The summed E-state index contributed by atoms with van der Waals surface area (Å²) in [5.41, 5.74) is 3.23. The summed E-state index contributed by atoms with van der Waals surface area (Å²) < 4.78 is 0. The van der Waals surface area contributed by atoms with Gasteiger partial charge in [-0.15, -0.1) is 0 Å². The summed E-state index contributed by atoms with van der Waals surface area (Å²) in [5.74, 6) is 0. The molecule has 0 atom stereocenters. The second kappa shape index (κ2) is 5.81. The number of nitro benzene ring substituents is 1. The molecule has 0 N–H and O–H groups in total. The number of nitro groups is 1. The Bertz CT molecular complexity index is 693. The van der Waals surface area contributed by atoms with Gasteiger partial charge in [-0.1, -0.05) is 29.8 Å². The Hall–Kier alpha value is -2.93. The molecule has 0 aliphatic rings. The van der Waals surface area contributed by atoms with Crippen LogP contribution in [0.5, 0.6) is 0 Å². The summed E-state index contributed by atoms with van der Waals surface area (Å²) in [5, 5.41) is 19.8. The summed E-state index contributed by atoms with van der Waals surface area (Å²) in [7, 11) is 0. The predicted octanol–water partition coefficient (Wildman–Crippen LogP) is 3.97. The summed E-state index contributed by atoms with van der Waals surface area (Å²) in [6.07, 6.45) is 1.76. The Morgan fingerprint density at radius 2 is 1.75 bits per heavy atom. The van der Waals surface area contributed by atoms with Gasteiger partial charge in [-0.2, -0.15) is 5.26 Å². The molecule has 0 fully saturated rings. The highest BCUT2D eigenvalue weighted by molar-refractivity contribution is 5.89. The van der Waals surface area contributed by atoms with Crippen LogP contribution in [-0.4, -0.2) is 4.92 Å². The number of hydrogen-bond acceptors (Lipinski definition) is 3. The first-order valence-electron chi connectivity index (χ1n) is 6.03. The molecule has 0 aliphatic carbocycles. The molecule has 0 amide bonds. The summed E-state index contributed by atoms with van der Waals surface area (Å²) in [6.45, 7) is 2.00. The molecular weight excluding hydrogens is 252 g/mol. The van der Waals surface area contributed by atoms with Crippen LogP contribution < -0.4 is 0 Å². The van der Waals surface area contributed by atoms with E-state index in [-0.39, 0.29) is 5.69 Å². The van der Waals surface area contributed by atoms with Crippen LogP contribution in [0.15, 0.2) is 48.5 Å². The van der Waals surface area contributed by atoms with Gasteiger partial charge >= 0.3 is 0 Å². The number of non-ortho nitro benzene ring substituents is 1. The number of allylic oxidation sites excluding steroid dienone is 1. The van der Waals surface area contributed by atoms with Gasteiger partial charge in [0.25, 0.3) is 5.69 Å². The van der Waals surface area contributed by atoms with Crippen molar-refractivity contribution in [3.8, 4) is 6.07 Å². The minimum atomic E-state index is -0.459. The van der Waals surface area contributed by atoms with E-state index in [0.29, 0.717) is 11.1 Å². The topological polar surface area (TPSA) is 66.9 Å². The molecule has 0 saturated carbocycles. The van der Waals surface area contributed by atoms with Crippen molar-refractivity contribution in [2.75, 3.05) is 0 Å². The third kappa shape index (κ3) is 3.09. The van der Waals surface area contributed by atoms with E-state index in [1.807, 2.05) is 31.2 Å². The lowest BCUT2D eigenvalue weighted by molar-refractivity contribution is -0.384. The second-order valence-electron chi connectivity index (χ2n) is 4.38. The lowest BCUT2D eigenvalue weighted by Crippen LogP contribution is -1.88. The fraction of sp³-hybridized carbons (Fsp3) is 0.0625. The average Bonchev–Trinajstić information content (AvgIpc) is 2.47. The highest BCUT2D eigenvalue weighted by Crippen LogP contribution is 2.20. The first-order valence-corrected chi connectivity index (χ1v) is 6.03. The van der Waals surface area contributed by atoms with Crippen LogP contribution in [0.4, 0.5) is 5.69 Å². The van der Waals surface area contributed by atoms with Gasteiger partial charge in [-0.05, 0) is 36.3 Å². The van der Waals surface area contributed by atoms with Gasteiger partial charge in [-0.25, -0.2) is 0 Å². The number of hydrogen-bond donors (Lipinski definition) is 0. The molecule has 0 aromatic heterocycles. The zero-order chi connectivity index (χ0) is 14.5. The van der Waals surface area contributed by atoms with Crippen molar-refractivity contribution < 1.29 is 4.92 Å². The van der Waals surface area contributed by atoms with E-state index < -0.39 is 4.92 Å². The standard InChI is InChI=1S/C16H12N2O2/c1-12-2-4-13(5-3-12)10-15(11-17)14-6-8-16(9-7-14)18(19)20/h2-10H,1H3/b15-10+. The molecular formula is C16H12N2O2. The number of nitrogens with zero attached hydrogens (tertiary/aromatic N) is 2. The van der Waals surface area contributed by atoms with E-state index in [1.54, 1.807) is 18.2 Å². The molecule has 0 radical (unpaired) electrons. The Morgan fingerprint density at radius 3 is 2.25 bits per heavy atom. The van der Waals surface area contributed by atoms with Crippen molar-refractivity contribution in [3.05, 3.63) is 75.3 Å². The fourth-order valence-electron chi connectivity index (χ4n) is 1.77. The maximum Gasteiger partial charge on any atom is 0.269 e.